The second-order valence-electron chi connectivity index (χ2n) is 7.04. The van der Waals surface area contributed by atoms with Crippen molar-refractivity contribution in [3.8, 4) is 27.2 Å². The van der Waals surface area contributed by atoms with Crippen LogP contribution in [-0.4, -0.2) is 47.1 Å². The van der Waals surface area contributed by atoms with E-state index in [-0.39, 0.29) is 18.1 Å². The Labute approximate surface area is 198 Å². The lowest BCUT2D eigenvalue weighted by molar-refractivity contribution is 0.0469. The first kappa shape index (κ1) is 22.7. The Hall–Kier alpha value is -3.50. The quantitative estimate of drug-likeness (QED) is 0.264. The summed E-state index contributed by atoms with van der Waals surface area (Å²) in [6.45, 7) is 3.38. The molecule has 0 atom stereocenters. The Morgan fingerprint density at radius 3 is 2.55 bits per heavy atom. The highest BCUT2D eigenvalue weighted by molar-refractivity contribution is 7.13. The average molecular weight is 484 g/mol. The second-order valence-corrected chi connectivity index (χ2v) is 8.77. The van der Waals surface area contributed by atoms with Crippen LogP contribution in [0.3, 0.4) is 0 Å². The van der Waals surface area contributed by atoms with Gasteiger partial charge in [-0.2, -0.15) is 0 Å². The van der Waals surface area contributed by atoms with Gasteiger partial charge in [0.2, 0.25) is 5.78 Å². The van der Waals surface area contributed by atoms with Gasteiger partial charge < -0.3 is 14.2 Å². The largest absolute Gasteiger partial charge is 0.493 e. The molecule has 0 N–H and O–H groups in total. The fraction of sp³-hybridized carbons (Fsp3) is 0.217. The van der Waals surface area contributed by atoms with Gasteiger partial charge in [-0.25, -0.2) is 14.8 Å². The normalized spacial score (nSPS) is 10.8. The highest BCUT2D eigenvalue weighted by Gasteiger charge is 2.21. The van der Waals surface area contributed by atoms with Gasteiger partial charge in [-0.05, 0) is 38.1 Å². The average Bonchev–Trinajstić information content (AvgIpc) is 3.57. The van der Waals surface area contributed by atoms with Crippen LogP contribution in [0, 0.1) is 13.8 Å². The number of ether oxygens (including phenoxy) is 3. The zero-order valence-corrected chi connectivity index (χ0v) is 20.1. The molecule has 170 valence electrons. The first-order valence-corrected chi connectivity index (χ1v) is 11.7. The number of carbonyl (C=O) groups is 2. The van der Waals surface area contributed by atoms with Crippen molar-refractivity contribution in [2.75, 3.05) is 20.8 Å². The summed E-state index contributed by atoms with van der Waals surface area (Å²) in [5.41, 5.74) is 3.07. The van der Waals surface area contributed by atoms with Gasteiger partial charge in [-0.1, -0.05) is 0 Å². The fourth-order valence-corrected chi connectivity index (χ4v) is 4.96. The second kappa shape index (κ2) is 9.55. The van der Waals surface area contributed by atoms with E-state index in [9.17, 15) is 9.59 Å². The molecule has 10 heteroatoms. The molecule has 0 aliphatic carbocycles. The summed E-state index contributed by atoms with van der Waals surface area (Å²) in [5.74, 6) is 0.232. The Bertz CT molecular complexity index is 1310. The summed E-state index contributed by atoms with van der Waals surface area (Å²) in [7, 11) is 3.12. The Morgan fingerprint density at radius 2 is 1.85 bits per heavy atom. The number of ketones is 1. The highest BCUT2D eigenvalue weighted by Crippen LogP contribution is 2.33. The van der Waals surface area contributed by atoms with Gasteiger partial charge in [0.25, 0.3) is 0 Å². The molecule has 0 aliphatic heterocycles. The van der Waals surface area contributed by atoms with Crippen LogP contribution in [0.2, 0.25) is 0 Å². The number of thiazole rings is 2. The molecule has 0 amide bonds. The molecule has 0 bridgehead atoms. The lowest BCUT2D eigenvalue weighted by Crippen LogP contribution is -2.15. The van der Waals surface area contributed by atoms with E-state index in [2.05, 4.69) is 9.97 Å². The van der Waals surface area contributed by atoms with E-state index in [4.69, 9.17) is 14.2 Å². The molecule has 33 heavy (non-hydrogen) atoms. The van der Waals surface area contributed by atoms with Crippen LogP contribution in [0.1, 0.15) is 32.2 Å². The maximum absolute atomic E-state index is 12.7. The van der Waals surface area contributed by atoms with E-state index in [1.807, 2.05) is 29.9 Å². The van der Waals surface area contributed by atoms with E-state index in [0.29, 0.717) is 22.1 Å². The number of esters is 1. The SMILES string of the molecule is COc1ccc(-c2nc(C(=O)OCC(=O)c3cc(C)n(-c4nccs4)c3C)cs2)cc1OC. The summed E-state index contributed by atoms with van der Waals surface area (Å²) in [6.07, 6.45) is 1.71. The molecule has 0 saturated carbocycles. The molecule has 3 aromatic heterocycles. The third-order valence-corrected chi connectivity index (χ3v) is 6.67. The summed E-state index contributed by atoms with van der Waals surface area (Å²) >= 11 is 2.78. The maximum Gasteiger partial charge on any atom is 0.358 e. The minimum absolute atomic E-state index is 0.144. The van der Waals surface area contributed by atoms with Crippen molar-refractivity contribution >= 4 is 34.4 Å². The van der Waals surface area contributed by atoms with Crippen molar-refractivity contribution in [1.82, 2.24) is 14.5 Å². The molecule has 0 fully saturated rings. The minimum atomic E-state index is -0.653. The lowest BCUT2D eigenvalue weighted by atomic mass is 10.1. The molecule has 0 aliphatic rings. The first-order chi connectivity index (χ1) is 15.9. The third-order valence-electron chi connectivity index (χ3n) is 5.02. The van der Waals surface area contributed by atoms with Crippen LogP contribution in [0.25, 0.3) is 15.7 Å². The standard InChI is InChI=1S/C23H21N3O5S2/c1-13-9-16(14(2)26(13)23-24-7-8-32-23)18(27)11-31-22(28)17-12-33-21(25-17)15-5-6-19(29-3)20(10-15)30-4/h5-10,12H,11H2,1-4H3. The molecule has 8 nitrogen and oxygen atoms in total. The van der Waals surface area contributed by atoms with E-state index in [0.717, 1.165) is 22.1 Å². The molecule has 4 rings (SSSR count). The van der Waals surface area contributed by atoms with Gasteiger partial charge in [-0.15, -0.1) is 22.7 Å². The Balaban J connectivity index is 1.45. The zero-order valence-electron chi connectivity index (χ0n) is 18.4. The molecule has 0 saturated heterocycles. The van der Waals surface area contributed by atoms with E-state index < -0.39 is 5.97 Å². The molecule has 0 radical (unpaired) electrons. The smallest absolute Gasteiger partial charge is 0.358 e. The molecule has 4 aromatic rings. The molecule has 3 heterocycles. The van der Waals surface area contributed by atoms with Crippen molar-refractivity contribution in [3.05, 3.63) is 63.9 Å². The third kappa shape index (κ3) is 4.53. The maximum atomic E-state index is 12.7. The van der Waals surface area contributed by atoms with E-state index in [1.165, 1.54) is 22.7 Å². The van der Waals surface area contributed by atoms with Gasteiger partial charge in [-0.3, -0.25) is 9.36 Å². The number of benzene rings is 1. The summed E-state index contributed by atoms with van der Waals surface area (Å²) < 4.78 is 17.7. The number of hydrogen-bond acceptors (Lipinski definition) is 9. The van der Waals surface area contributed by atoms with E-state index >= 15 is 0 Å². The van der Waals surface area contributed by atoms with Crippen molar-refractivity contribution < 1.29 is 23.8 Å². The van der Waals surface area contributed by atoms with Crippen LogP contribution in [0.15, 0.2) is 41.2 Å². The van der Waals surface area contributed by atoms with Gasteiger partial charge in [0, 0.05) is 39.5 Å². The van der Waals surface area contributed by atoms with Gasteiger partial charge >= 0.3 is 5.97 Å². The number of rotatable bonds is 8. The van der Waals surface area contributed by atoms with E-state index in [1.54, 1.807) is 44.0 Å². The molecule has 1 aromatic carbocycles. The minimum Gasteiger partial charge on any atom is -0.493 e. The molecule has 0 unspecified atom stereocenters. The summed E-state index contributed by atoms with van der Waals surface area (Å²) in [5, 5.41) is 4.89. The Kier molecular flexibility index (Phi) is 6.57. The number of methoxy groups -OCH3 is 2. The lowest BCUT2D eigenvalue weighted by Gasteiger charge is -2.08. The van der Waals surface area contributed by atoms with Crippen LogP contribution in [0.5, 0.6) is 11.5 Å². The van der Waals surface area contributed by atoms with Crippen LogP contribution in [0.4, 0.5) is 0 Å². The van der Waals surface area contributed by atoms with Crippen molar-refractivity contribution in [1.29, 1.82) is 0 Å². The zero-order chi connectivity index (χ0) is 23.5. The highest BCUT2D eigenvalue weighted by atomic mass is 32.1. The summed E-state index contributed by atoms with van der Waals surface area (Å²) in [4.78, 5) is 33.9. The Morgan fingerprint density at radius 1 is 1.06 bits per heavy atom. The number of nitrogens with zero attached hydrogens (tertiary/aromatic N) is 3. The van der Waals surface area contributed by atoms with Gasteiger partial charge in [0.1, 0.15) is 5.01 Å². The van der Waals surface area contributed by atoms with Crippen molar-refractivity contribution in [2.24, 2.45) is 0 Å². The fourth-order valence-electron chi connectivity index (χ4n) is 3.42. The summed E-state index contributed by atoms with van der Waals surface area (Å²) in [6, 6.07) is 7.17. The predicted molar refractivity (Wildman–Crippen MR) is 126 cm³/mol. The number of Topliss-reactive ketones (excluding diaryl/α,β-unsaturated/α-hetero) is 1. The number of carbonyl (C=O) groups excluding carboxylic acids is 2. The van der Waals surface area contributed by atoms with Crippen LogP contribution >= 0.6 is 22.7 Å². The number of hydrogen-bond donors (Lipinski definition) is 0. The number of aromatic nitrogens is 3. The van der Waals surface area contributed by atoms with Gasteiger partial charge in [0.15, 0.2) is 28.9 Å². The van der Waals surface area contributed by atoms with Crippen LogP contribution < -0.4 is 9.47 Å². The monoisotopic (exact) mass is 483 g/mol. The first-order valence-electron chi connectivity index (χ1n) is 9.90. The van der Waals surface area contributed by atoms with Crippen molar-refractivity contribution in [2.45, 2.75) is 13.8 Å². The topological polar surface area (TPSA) is 92.5 Å². The molecular weight excluding hydrogens is 462 g/mol. The van der Waals surface area contributed by atoms with Crippen molar-refractivity contribution in [3.63, 3.8) is 0 Å². The molecular formula is C23H21N3O5S2. The molecule has 0 spiro atoms. The number of aryl methyl sites for hydroxylation is 1. The van der Waals surface area contributed by atoms with Crippen LogP contribution in [-0.2, 0) is 4.74 Å². The van der Waals surface area contributed by atoms with Gasteiger partial charge in [0.05, 0.1) is 14.2 Å². The predicted octanol–water partition coefficient (Wildman–Crippen LogP) is 4.73.